The van der Waals surface area contributed by atoms with Crippen LogP contribution in [0.2, 0.25) is 0 Å². The van der Waals surface area contributed by atoms with E-state index in [1.807, 2.05) is 25.6 Å². The van der Waals surface area contributed by atoms with E-state index in [4.69, 9.17) is 10.5 Å². The molecule has 3 nitrogen and oxygen atoms in total. The van der Waals surface area contributed by atoms with Crippen LogP contribution in [-0.4, -0.2) is 23.7 Å². The van der Waals surface area contributed by atoms with Gasteiger partial charge in [0.05, 0.1) is 11.6 Å². The van der Waals surface area contributed by atoms with Crippen LogP contribution in [-0.2, 0) is 11.2 Å². The molecule has 0 aliphatic rings. The lowest BCUT2D eigenvalue weighted by Gasteiger charge is -2.18. The minimum Gasteiger partial charge on any atom is -0.377 e. The van der Waals surface area contributed by atoms with Crippen LogP contribution in [0.1, 0.15) is 18.7 Å². The van der Waals surface area contributed by atoms with E-state index in [2.05, 4.69) is 4.98 Å². The highest BCUT2D eigenvalue weighted by molar-refractivity contribution is 7.09. The normalized spacial score (nSPS) is 15.6. The Balaban J connectivity index is 2.36. The molecule has 2 atom stereocenters. The predicted molar refractivity (Wildman–Crippen MR) is 54.9 cm³/mol. The van der Waals surface area contributed by atoms with Crippen molar-refractivity contribution in [2.45, 2.75) is 32.4 Å². The van der Waals surface area contributed by atoms with Crippen LogP contribution in [0.25, 0.3) is 0 Å². The molecule has 1 aromatic heterocycles. The second kappa shape index (κ2) is 5.32. The average molecular weight is 200 g/mol. The standard InChI is InChI=1S/C9H16N2OS/c1-3-12-7(2)9(10)4-8-5-11-6-13-8/h5-7,9H,3-4,10H2,1-2H3. The fourth-order valence-corrected chi connectivity index (χ4v) is 1.80. The van der Waals surface area contributed by atoms with E-state index in [-0.39, 0.29) is 12.1 Å². The Morgan fingerprint density at radius 1 is 1.69 bits per heavy atom. The van der Waals surface area contributed by atoms with E-state index in [9.17, 15) is 0 Å². The molecular weight excluding hydrogens is 184 g/mol. The van der Waals surface area contributed by atoms with Crippen molar-refractivity contribution in [1.29, 1.82) is 0 Å². The summed E-state index contributed by atoms with van der Waals surface area (Å²) in [4.78, 5) is 5.22. The zero-order chi connectivity index (χ0) is 9.68. The van der Waals surface area contributed by atoms with Crippen molar-refractivity contribution in [3.63, 3.8) is 0 Å². The van der Waals surface area contributed by atoms with Gasteiger partial charge >= 0.3 is 0 Å². The van der Waals surface area contributed by atoms with Crippen molar-refractivity contribution in [1.82, 2.24) is 4.98 Å². The summed E-state index contributed by atoms with van der Waals surface area (Å²) in [7, 11) is 0. The third-order valence-electron chi connectivity index (χ3n) is 1.95. The number of nitrogens with zero attached hydrogens (tertiary/aromatic N) is 1. The molecule has 2 N–H and O–H groups in total. The van der Waals surface area contributed by atoms with E-state index in [1.165, 1.54) is 4.88 Å². The highest BCUT2D eigenvalue weighted by Crippen LogP contribution is 2.10. The van der Waals surface area contributed by atoms with Gasteiger partial charge in [0.2, 0.25) is 0 Å². The van der Waals surface area contributed by atoms with Crippen LogP contribution in [0.3, 0.4) is 0 Å². The van der Waals surface area contributed by atoms with E-state index in [0.717, 1.165) is 13.0 Å². The molecule has 0 fully saturated rings. The van der Waals surface area contributed by atoms with Crippen molar-refractivity contribution in [2.75, 3.05) is 6.61 Å². The van der Waals surface area contributed by atoms with Crippen molar-refractivity contribution >= 4 is 11.3 Å². The first-order chi connectivity index (χ1) is 6.24. The Hall–Kier alpha value is -0.450. The van der Waals surface area contributed by atoms with Gasteiger partial charge in [0.15, 0.2) is 0 Å². The minimum atomic E-state index is 0.0698. The summed E-state index contributed by atoms with van der Waals surface area (Å²) < 4.78 is 5.41. The second-order valence-corrected chi connectivity index (χ2v) is 3.97. The average Bonchev–Trinajstić information content (AvgIpc) is 2.57. The van der Waals surface area contributed by atoms with Gasteiger partial charge in [0, 0.05) is 30.1 Å². The summed E-state index contributed by atoms with van der Waals surface area (Å²) >= 11 is 1.64. The molecule has 1 rings (SSSR count). The molecule has 0 aliphatic heterocycles. The Bertz CT molecular complexity index is 226. The fraction of sp³-hybridized carbons (Fsp3) is 0.667. The summed E-state index contributed by atoms with van der Waals surface area (Å²) in [6.45, 7) is 4.71. The van der Waals surface area contributed by atoms with Gasteiger partial charge in [-0.2, -0.15) is 0 Å². The van der Waals surface area contributed by atoms with Gasteiger partial charge in [0.1, 0.15) is 0 Å². The van der Waals surface area contributed by atoms with Gasteiger partial charge in [0.25, 0.3) is 0 Å². The molecule has 74 valence electrons. The number of ether oxygens (including phenoxy) is 1. The molecule has 1 heterocycles. The molecule has 0 aromatic carbocycles. The SMILES string of the molecule is CCOC(C)C(N)Cc1cncs1. The molecule has 0 aliphatic carbocycles. The fourth-order valence-electron chi connectivity index (χ4n) is 1.13. The number of hydrogen-bond acceptors (Lipinski definition) is 4. The number of nitrogens with two attached hydrogens (primary N) is 1. The van der Waals surface area contributed by atoms with Crippen molar-refractivity contribution in [3.8, 4) is 0 Å². The first-order valence-electron chi connectivity index (χ1n) is 4.48. The molecule has 0 radical (unpaired) electrons. The molecule has 0 spiro atoms. The number of rotatable bonds is 5. The van der Waals surface area contributed by atoms with E-state index in [1.54, 1.807) is 11.3 Å². The Morgan fingerprint density at radius 2 is 2.46 bits per heavy atom. The monoisotopic (exact) mass is 200 g/mol. The maximum atomic E-state index is 5.95. The second-order valence-electron chi connectivity index (χ2n) is 3.00. The van der Waals surface area contributed by atoms with Crippen molar-refractivity contribution in [2.24, 2.45) is 5.73 Å². The van der Waals surface area contributed by atoms with Crippen LogP contribution < -0.4 is 5.73 Å². The molecule has 4 heteroatoms. The summed E-state index contributed by atoms with van der Waals surface area (Å²) in [6.07, 6.45) is 2.83. The van der Waals surface area contributed by atoms with Crippen LogP contribution >= 0.6 is 11.3 Å². The topological polar surface area (TPSA) is 48.1 Å². The quantitative estimate of drug-likeness (QED) is 0.782. The Morgan fingerprint density at radius 3 is 3.00 bits per heavy atom. The van der Waals surface area contributed by atoms with Crippen LogP contribution in [0, 0.1) is 0 Å². The molecule has 0 bridgehead atoms. The summed E-state index contributed by atoms with van der Waals surface area (Å²) in [5.41, 5.74) is 7.78. The smallest absolute Gasteiger partial charge is 0.0794 e. The molecular formula is C9H16N2OS. The number of hydrogen-bond donors (Lipinski definition) is 1. The zero-order valence-electron chi connectivity index (χ0n) is 8.06. The maximum Gasteiger partial charge on any atom is 0.0794 e. The van der Waals surface area contributed by atoms with Crippen LogP contribution in [0.4, 0.5) is 0 Å². The van der Waals surface area contributed by atoms with Gasteiger partial charge in [-0.25, -0.2) is 0 Å². The van der Waals surface area contributed by atoms with E-state index in [0.29, 0.717) is 0 Å². The van der Waals surface area contributed by atoms with E-state index < -0.39 is 0 Å². The third kappa shape index (κ3) is 3.42. The Kier molecular flexibility index (Phi) is 4.35. The molecule has 2 unspecified atom stereocenters. The van der Waals surface area contributed by atoms with Gasteiger partial charge in [-0.05, 0) is 13.8 Å². The zero-order valence-corrected chi connectivity index (χ0v) is 8.88. The van der Waals surface area contributed by atoms with E-state index >= 15 is 0 Å². The van der Waals surface area contributed by atoms with Crippen LogP contribution in [0.5, 0.6) is 0 Å². The summed E-state index contributed by atoms with van der Waals surface area (Å²) in [6, 6.07) is 0.0698. The van der Waals surface area contributed by atoms with Gasteiger partial charge in [-0.15, -0.1) is 11.3 Å². The summed E-state index contributed by atoms with van der Waals surface area (Å²) in [5, 5.41) is 0. The lowest BCUT2D eigenvalue weighted by atomic mass is 10.1. The number of aromatic nitrogens is 1. The number of thiazole rings is 1. The van der Waals surface area contributed by atoms with Crippen molar-refractivity contribution in [3.05, 3.63) is 16.6 Å². The lowest BCUT2D eigenvalue weighted by molar-refractivity contribution is 0.0579. The van der Waals surface area contributed by atoms with Gasteiger partial charge in [-0.1, -0.05) is 0 Å². The highest BCUT2D eigenvalue weighted by Gasteiger charge is 2.13. The van der Waals surface area contributed by atoms with Gasteiger partial charge < -0.3 is 10.5 Å². The third-order valence-corrected chi connectivity index (χ3v) is 2.75. The van der Waals surface area contributed by atoms with Gasteiger partial charge in [-0.3, -0.25) is 4.98 Å². The predicted octanol–water partition coefficient (Wildman–Crippen LogP) is 1.44. The minimum absolute atomic E-state index is 0.0698. The first kappa shape index (κ1) is 10.6. The molecule has 0 amide bonds. The lowest BCUT2D eigenvalue weighted by Crippen LogP contribution is -2.36. The molecule has 13 heavy (non-hydrogen) atoms. The van der Waals surface area contributed by atoms with Crippen molar-refractivity contribution < 1.29 is 4.74 Å². The maximum absolute atomic E-state index is 5.95. The Labute approximate surface area is 82.9 Å². The molecule has 0 saturated carbocycles. The largest absolute Gasteiger partial charge is 0.377 e. The molecule has 0 saturated heterocycles. The first-order valence-corrected chi connectivity index (χ1v) is 5.36. The van der Waals surface area contributed by atoms with Crippen LogP contribution in [0.15, 0.2) is 11.7 Å². The highest BCUT2D eigenvalue weighted by atomic mass is 32.1. The summed E-state index contributed by atoms with van der Waals surface area (Å²) in [5.74, 6) is 0. The molecule has 1 aromatic rings.